The van der Waals surface area contributed by atoms with Gasteiger partial charge in [0.15, 0.2) is 0 Å². The molecule has 1 aromatic rings. The third kappa shape index (κ3) is 4.75. The lowest BCUT2D eigenvalue weighted by atomic mass is 10.1. The van der Waals surface area contributed by atoms with Gasteiger partial charge in [0.25, 0.3) is 0 Å². The fraction of sp³-hybridized carbons (Fsp3) is 0.538. The fourth-order valence-corrected chi connectivity index (χ4v) is 1.59. The lowest BCUT2D eigenvalue weighted by Gasteiger charge is -2.09. The van der Waals surface area contributed by atoms with Crippen LogP contribution in [0, 0.1) is 0 Å². The fourth-order valence-electron chi connectivity index (χ4n) is 1.59. The molecule has 2 N–H and O–H groups in total. The highest BCUT2D eigenvalue weighted by Crippen LogP contribution is 2.10. The van der Waals surface area contributed by atoms with Gasteiger partial charge < -0.3 is 15.2 Å². The number of hydrogen-bond acceptors (Lipinski definition) is 3. The molecule has 0 fully saturated rings. The summed E-state index contributed by atoms with van der Waals surface area (Å²) in [7, 11) is 1.70. The van der Waals surface area contributed by atoms with Crippen LogP contribution in [0.5, 0.6) is 0 Å². The highest BCUT2D eigenvalue weighted by molar-refractivity contribution is 5.26. The van der Waals surface area contributed by atoms with Crippen LogP contribution in [0.25, 0.3) is 0 Å². The molecule has 0 saturated carbocycles. The number of nitrogens with two attached hydrogens (primary N) is 1. The third-order valence-corrected chi connectivity index (χ3v) is 2.43. The topological polar surface area (TPSA) is 44.5 Å². The van der Waals surface area contributed by atoms with Crippen LogP contribution in [0.1, 0.15) is 17.5 Å². The number of ether oxygens (including phenoxy) is 2. The SMILES string of the molecule is COCCCOCc1ccccc1CCN. The Balaban J connectivity index is 2.34. The maximum Gasteiger partial charge on any atom is 0.0719 e. The summed E-state index contributed by atoms with van der Waals surface area (Å²) in [6, 6.07) is 8.29. The van der Waals surface area contributed by atoms with Crippen LogP contribution in [-0.2, 0) is 22.5 Å². The Labute approximate surface area is 97.6 Å². The first-order chi connectivity index (χ1) is 7.88. The van der Waals surface area contributed by atoms with Crippen LogP contribution in [0.4, 0.5) is 0 Å². The Bertz CT molecular complexity index is 289. The Morgan fingerprint density at radius 2 is 1.88 bits per heavy atom. The molecule has 0 amide bonds. The zero-order chi connectivity index (χ0) is 11.6. The van der Waals surface area contributed by atoms with Crippen molar-refractivity contribution in [3.05, 3.63) is 35.4 Å². The molecule has 0 radical (unpaired) electrons. The van der Waals surface area contributed by atoms with Crippen molar-refractivity contribution >= 4 is 0 Å². The van der Waals surface area contributed by atoms with Crippen molar-refractivity contribution in [1.82, 2.24) is 0 Å². The van der Waals surface area contributed by atoms with Crippen LogP contribution in [0.3, 0.4) is 0 Å². The van der Waals surface area contributed by atoms with Crippen LogP contribution in [0.2, 0.25) is 0 Å². The molecule has 0 heterocycles. The van der Waals surface area contributed by atoms with Crippen LogP contribution >= 0.6 is 0 Å². The third-order valence-electron chi connectivity index (χ3n) is 2.43. The van der Waals surface area contributed by atoms with Gasteiger partial charge in [0.2, 0.25) is 0 Å². The molecule has 0 spiro atoms. The smallest absolute Gasteiger partial charge is 0.0719 e. The molecule has 0 aromatic heterocycles. The van der Waals surface area contributed by atoms with E-state index in [4.69, 9.17) is 15.2 Å². The van der Waals surface area contributed by atoms with Crippen molar-refractivity contribution in [2.24, 2.45) is 5.73 Å². The molecule has 90 valence electrons. The monoisotopic (exact) mass is 223 g/mol. The Morgan fingerprint density at radius 3 is 2.56 bits per heavy atom. The summed E-state index contributed by atoms with van der Waals surface area (Å²) in [5.41, 5.74) is 8.10. The van der Waals surface area contributed by atoms with Crippen LogP contribution < -0.4 is 5.73 Å². The quantitative estimate of drug-likeness (QED) is 0.683. The highest BCUT2D eigenvalue weighted by Gasteiger charge is 2.00. The van der Waals surface area contributed by atoms with Gasteiger partial charge in [-0.25, -0.2) is 0 Å². The van der Waals surface area contributed by atoms with Crippen molar-refractivity contribution in [2.45, 2.75) is 19.4 Å². The predicted molar refractivity (Wildman–Crippen MR) is 65.3 cm³/mol. The molecular formula is C13H21NO2. The molecule has 0 unspecified atom stereocenters. The van der Waals surface area contributed by atoms with E-state index < -0.39 is 0 Å². The van der Waals surface area contributed by atoms with E-state index in [2.05, 4.69) is 12.1 Å². The van der Waals surface area contributed by atoms with Gasteiger partial charge in [0.05, 0.1) is 6.61 Å². The van der Waals surface area contributed by atoms with Gasteiger partial charge in [-0.15, -0.1) is 0 Å². The average Bonchev–Trinajstić information content (AvgIpc) is 2.31. The molecule has 0 aliphatic rings. The molecule has 1 rings (SSSR count). The summed E-state index contributed by atoms with van der Waals surface area (Å²) >= 11 is 0. The van der Waals surface area contributed by atoms with Gasteiger partial charge in [-0.05, 0) is 30.5 Å². The van der Waals surface area contributed by atoms with Crippen molar-refractivity contribution in [3.63, 3.8) is 0 Å². The summed E-state index contributed by atoms with van der Waals surface area (Å²) < 4.78 is 10.5. The van der Waals surface area contributed by atoms with E-state index in [1.807, 2.05) is 12.1 Å². The maximum absolute atomic E-state index is 5.59. The number of benzene rings is 1. The Kier molecular flexibility index (Phi) is 6.81. The van der Waals surface area contributed by atoms with E-state index in [0.717, 1.165) is 26.1 Å². The van der Waals surface area contributed by atoms with Gasteiger partial charge in [-0.3, -0.25) is 0 Å². The van der Waals surface area contributed by atoms with Gasteiger partial charge >= 0.3 is 0 Å². The van der Waals surface area contributed by atoms with Gasteiger partial charge in [-0.2, -0.15) is 0 Å². The largest absolute Gasteiger partial charge is 0.385 e. The maximum atomic E-state index is 5.59. The van der Waals surface area contributed by atoms with Crippen molar-refractivity contribution < 1.29 is 9.47 Å². The lowest BCUT2D eigenvalue weighted by Crippen LogP contribution is -2.06. The molecule has 0 aliphatic carbocycles. The lowest BCUT2D eigenvalue weighted by molar-refractivity contribution is 0.0925. The standard InChI is InChI=1S/C13H21NO2/c1-15-9-4-10-16-11-13-6-3-2-5-12(13)7-8-14/h2-3,5-6H,4,7-11,14H2,1H3. The van der Waals surface area contributed by atoms with E-state index in [1.165, 1.54) is 11.1 Å². The minimum Gasteiger partial charge on any atom is -0.385 e. The number of methoxy groups -OCH3 is 1. The van der Waals surface area contributed by atoms with E-state index in [0.29, 0.717) is 13.2 Å². The summed E-state index contributed by atoms with van der Waals surface area (Å²) in [6.45, 7) is 2.84. The second-order valence-corrected chi connectivity index (χ2v) is 3.71. The second-order valence-electron chi connectivity index (χ2n) is 3.71. The first kappa shape index (κ1) is 13.2. The summed E-state index contributed by atoms with van der Waals surface area (Å²) in [4.78, 5) is 0. The van der Waals surface area contributed by atoms with Crippen molar-refractivity contribution in [2.75, 3.05) is 26.9 Å². The zero-order valence-corrected chi connectivity index (χ0v) is 9.95. The molecule has 0 saturated heterocycles. The average molecular weight is 223 g/mol. The number of rotatable bonds is 8. The summed E-state index contributed by atoms with van der Waals surface area (Å²) in [5.74, 6) is 0. The first-order valence-electron chi connectivity index (χ1n) is 5.72. The van der Waals surface area contributed by atoms with Crippen molar-refractivity contribution in [3.8, 4) is 0 Å². The predicted octanol–water partition coefficient (Wildman–Crippen LogP) is 1.74. The van der Waals surface area contributed by atoms with Crippen LogP contribution in [-0.4, -0.2) is 26.9 Å². The molecule has 0 bridgehead atoms. The zero-order valence-electron chi connectivity index (χ0n) is 9.95. The molecule has 3 heteroatoms. The molecule has 3 nitrogen and oxygen atoms in total. The Hall–Kier alpha value is -0.900. The second kappa shape index (κ2) is 8.28. The first-order valence-corrected chi connectivity index (χ1v) is 5.72. The van der Waals surface area contributed by atoms with E-state index in [9.17, 15) is 0 Å². The highest BCUT2D eigenvalue weighted by atomic mass is 16.5. The minimum atomic E-state index is 0.667. The van der Waals surface area contributed by atoms with E-state index >= 15 is 0 Å². The molecule has 0 aliphatic heterocycles. The van der Waals surface area contributed by atoms with Gasteiger partial charge in [-0.1, -0.05) is 24.3 Å². The van der Waals surface area contributed by atoms with E-state index in [1.54, 1.807) is 7.11 Å². The van der Waals surface area contributed by atoms with Crippen molar-refractivity contribution in [1.29, 1.82) is 0 Å². The van der Waals surface area contributed by atoms with Gasteiger partial charge in [0.1, 0.15) is 0 Å². The molecule has 1 aromatic carbocycles. The summed E-state index contributed by atoms with van der Waals surface area (Å²) in [5, 5.41) is 0. The minimum absolute atomic E-state index is 0.667. The number of hydrogen-bond donors (Lipinski definition) is 1. The summed E-state index contributed by atoms with van der Waals surface area (Å²) in [6.07, 6.45) is 1.85. The molecule has 16 heavy (non-hydrogen) atoms. The van der Waals surface area contributed by atoms with Gasteiger partial charge in [0, 0.05) is 20.3 Å². The normalized spacial score (nSPS) is 10.6. The Morgan fingerprint density at radius 1 is 1.12 bits per heavy atom. The molecule has 0 atom stereocenters. The van der Waals surface area contributed by atoms with E-state index in [-0.39, 0.29) is 0 Å². The van der Waals surface area contributed by atoms with Crippen LogP contribution in [0.15, 0.2) is 24.3 Å². The molecular weight excluding hydrogens is 202 g/mol.